The lowest BCUT2D eigenvalue weighted by atomic mass is 10.2. The molecule has 0 atom stereocenters. The van der Waals surface area contributed by atoms with Gasteiger partial charge in [0.05, 0.1) is 12.7 Å². The molecule has 0 spiro atoms. The zero-order valence-corrected chi connectivity index (χ0v) is 9.43. The van der Waals surface area contributed by atoms with Gasteiger partial charge >= 0.3 is 0 Å². The maximum absolute atomic E-state index is 11.7. The van der Waals surface area contributed by atoms with Crippen LogP contribution in [0.25, 0.3) is 0 Å². The van der Waals surface area contributed by atoms with Crippen LogP contribution in [0.15, 0.2) is 36.8 Å². The molecule has 0 saturated carbocycles. The molecule has 5 nitrogen and oxygen atoms in total. The van der Waals surface area contributed by atoms with E-state index in [4.69, 9.17) is 4.74 Å². The van der Waals surface area contributed by atoms with Gasteiger partial charge in [0, 0.05) is 31.2 Å². The summed E-state index contributed by atoms with van der Waals surface area (Å²) >= 11 is 0. The lowest BCUT2D eigenvalue weighted by Crippen LogP contribution is -2.22. The fourth-order valence-electron chi connectivity index (χ4n) is 1.39. The Bertz CT molecular complexity index is 477. The van der Waals surface area contributed by atoms with Gasteiger partial charge in [-0.2, -0.15) is 0 Å². The number of hydrogen-bond donors (Lipinski definition) is 2. The summed E-state index contributed by atoms with van der Waals surface area (Å²) in [4.78, 5) is 18.6. The average Bonchev–Trinajstić information content (AvgIpc) is 2.89. The van der Waals surface area contributed by atoms with Gasteiger partial charge in [-0.3, -0.25) is 4.79 Å². The highest BCUT2D eigenvalue weighted by Gasteiger charge is 2.05. The van der Waals surface area contributed by atoms with Crippen molar-refractivity contribution in [3.63, 3.8) is 0 Å². The maximum Gasteiger partial charge on any atom is 0.253 e. The normalized spacial score (nSPS) is 9.94. The standard InChI is InChI=1S/C12H13N3O2/c1-17-11-3-2-10(8-14-11)12(16)15-7-9-4-5-13-6-9/h2-6,8,13H,7H2,1H3,(H,15,16). The third kappa shape index (κ3) is 2.84. The van der Waals surface area contributed by atoms with Gasteiger partial charge in [-0.1, -0.05) is 0 Å². The first-order valence-electron chi connectivity index (χ1n) is 5.19. The average molecular weight is 231 g/mol. The van der Waals surface area contributed by atoms with E-state index in [1.807, 2.05) is 18.5 Å². The van der Waals surface area contributed by atoms with E-state index in [1.165, 1.54) is 13.3 Å². The summed E-state index contributed by atoms with van der Waals surface area (Å²) in [7, 11) is 1.54. The van der Waals surface area contributed by atoms with E-state index in [9.17, 15) is 4.79 Å². The van der Waals surface area contributed by atoms with E-state index < -0.39 is 0 Å². The molecule has 88 valence electrons. The van der Waals surface area contributed by atoms with Gasteiger partial charge in [-0.05, 0) is 17.7 Å². The van der Waals surface area contributed by atoms with Crippen LogP contribution in [-0.4, -0.2) is 23.0 Å². The van der Waals surface area contributed by atoms with E-state index >= 15 is 0 Å². The van der Waals surface area contributed by atoms with Crippen molar-refractivity contribution in [3.05, 3.63) is 47.9 Å². The zero-order chi connectivity index (χ0) is 12.1. The summed E-state index contributed by atoms with van der Waals surface area (Å²) in [6.45, 7) is 0.494. The zero-order valence-electron chi connectivity index (χ0n) is 9.43. The molecule has 0 saturated heterocycles. The Morgan fingerprint density at radius 1 is 1.47 bits per heavy atom. The Kier molecular flexibility index (Phi) is 3.40. The van der Waals surface area contributed by atoms with Gasteiger partial charge in [0.25, 0.3) is 5.91 Å². The van der Waals surface area contributed by atoms with Crippen LogP contribution in [0.3, 0.4) is 0 Å². The fraction of sp³-hybridized carbons (Fsp3) is 0.167. The summed E-state index contributed by atoms with van der Waals surface area (Å²) in [6.07, 6.45) is 5.15. The van der Waals surface area contributed by atoms with Crippen LogP contribution in [0.2, 0.25) is 0 Å². The van der Waals surface area contributed by atoms with Crippen molar-refractivity contribution in [1.29, 1.82) is 0 Å². The van der Waals surface area contributed by atoms with Gasteiger partial charge < -0.3 is 15.0 Å². The summed E-state index contributed by atoms with van der Waals surface area (Å²) < 4.78 is 4.92. The number of aromatic nitrogens is 2. The molecule has 0 unspecified atom stereocenters. The first-order valence-corrected chi connectivity index (χ1v) is 5.19. The highest BCUT2D eigenvalue weighted by Crippen LogP contribution is 2.06. The Labute approximate surface area is 98.8 Å². The molecular formula is C12H13N3O2. The summed E-state index contributed by atoms with van der Waals surface area (Å²) in [6, 6.07) is 5.25. The number of carbonyl (C=O) groups is 1. The molecule has 1 amide bonds. The van der Waals surface area contributed by atoms with E-state index in [1.54, 1.807) is 12.1 Å². The molecule has 0 fully saturated rings. The van der Waals surface area contributed by atoms with Gasteiger partial charge in [0.15, 0.2) is 0 Å². The van der Waals surface area contributed by atoms with Crippen LogP contribution < -0.4 is 10.1 Å². The smallest absolute Gasteiger partial charge is 0.253 e. The largest absolute Gasteiger partial charge is 0.481 e. The minimum absolute atomic E-state index is 0.152. The Morgan fingerprint density at radius 2 is 2.35 bits per heavy atom. The first-order chi connectivity index (χ1) is 8.29. The minimum Gasteiger partial charge on any atom is -0.481 e. The van der Waals surface area contributed by atoms with Gasteiger partial charge in [-0.25, -0.2) is 4.98 Å². The molecule has 2 aromatic heterocycles. The highest BCUT2D eigenvalue weighted by molar-refractivity contribution is 5.93. The molecule has 0 aliphatic rings. The predicted octanol–water partition coefficient (Wildman–Crippen LogP) is 1.35. The van der Waals surface area contributed by atoms with Crippen molar-refractivity contribution in [2.75, 3.05) is 7.11 Å². The molecule has 2 rings (SSSR count). The number of methoxy groups -OCH3 is 1. The lowest BCUT2D eigenvalue weighted by Gasteiger charge is -2.04. The number of nitrogens with zero attached hydrogens (tertiary/aromatic N) is 1. The first kappa shape index (κ1) is 11.2. The van der Waals surface area contributed by atoms with E-state index in [0.29, 0.717) is 18.0 Å². The fourth-order valence-corrected chi connectivity index (χ4v) is 1.39. The number of rotatable bonds is 4. The summed E-state index contributed by atoms with van der Waals surface area (Å²) in [5, 5.41) is 2.80. The highest BCUT2D eigenvalue weighted by atomic mass is 16.5. The second kappa shape index (κ2) is 5.16. The molecule has 0 aliphatic carbocycles. The topological polar surface area (TPSA) is 67.0 Å². The third-order valence-corrected chi connectivity index (χ3v) is 2.32. The number of carbonyl (C=O) groups excluding carboxylic acids is 1. The Hall–Kier alpha value is -2.30. The second-order valence-corrected chi connectivity index (χ2v) is 3.49. The van der Waals surface area contributed by atoms with Crippen molar-refractivity contribution in [3.8, 4) is 5.88 Å². The molecule has 0 aromatic carbocycles. The maximum atomic E-state index is 11.7. The Balaban J connectivity index is 1.95. The number of amides is 1. The molecule has 0 radical (unpaired) electrons. The lowest BCUT2D eigenvalue weighted by molar-refractivity contribution is 0.0950. The summed E-state index contributed by atoms with van der Waals surface area (Å²) in [5.41, 5.74) is 1.54. The molecule has 0 bridgehead atoms. The van der Waals surface area contributed by atoms with Crippen molar-refractivity contribution >= 4 is 5.91 Å². The Morgan fingerprint density at radius 3 is 2.94 bits per heavy atom. The van der Waals surface area contributed by atoms with Crippen LogP contribution in [-0.2, 0) is 6.54 Å². The SMILES string of the molecule is COc1ccc(C(=O)NCc2cc[nH]c2)cn1. The number of aromatic amines is 1. The third-order valence-electron chi connectivity index (χ3n) is 2.32. The van der Waals surface area contributed by atoms with Gasteiger partial charge in [0.2, 0.25) is 5.88 Å². The van der Waals surface area contributed by atoms with Crippen LogP contribution in [0.1, 0.15) is 15.9 Å². The molecule has 0 aliphatic heterocycles. The van der Waals surface area contributed by atoms with E-state index in [2.05, 4.69) is 15.3 Å². The molecule has 5 heteroatoms. The van der Waals surface area contributed by atoms with Gasteiger partial charge in [-0.15, -0.1) is 0 Å². The predicted molar refractivity (Wildman–Crippen MR) is 62.8 cm³/mol. The number of hydrogen-bond acceptors (Lipinski definition) is 3. The molecule has 17 heavy (non-hydrogen) atoms. The van der Waals surface area contributed by atoms with Gasteiger partial charge in [0.1, 0.15) is 0 Å². The van der Waals surface area contributed by atoms with E-state index in [-0.39, 0.29) is 5.91 Å². The van der Waals surface area contributed by atoms with Crippen LogP contribution >= 0.6 is 0 Å². The number of nitrogens with one attached hydrogen (secondary N) is 2. The van der Waals surface area contributed by atoms with Crippen LogP contribution in [0.5, 0.6) is 5.88 Å². The molecular weight excluding hydrogens is 218 g/mol. The minimum atomic E-state index is -0.152. The van der Waals surface area contributed by atoms with Crippen molar-refractivity contribution in [2.45, 2.75) is 6.54 Å². The molecule has 2 heterocycles. The summed E-state index contributed by atoms with van der Waals surface area (Å²) in [5.74, 6) is 0.341. The van der Waals surface area contributed by atoms with Crippen molar-refractivity contribution in [2.24, 2.45) is 0 Å². The quantitative estimate of drug-likeness (QED) is 0.834. The van der Waals surface area contributed by atoms with Crippen molar-refractivity contribution in [1.82, 2.24) is 15.3 Å². The van der Waals surface area contributed by atoms with Crippen LogP contribution in [0, 0.1) is 0 Å². The van der Waals surface area contributed by atoms with Crippen LogP contribution in [0.4, 0.5) is 0 Å². The number of pyridine rings is 1. The molecule has 2 aromatic rings. The monoisotopic (exact) mass is 231 g/mol. The second-order valence-electron chi connectivity index (χ2n) is 3.49. The van der Waals surface area contributed by atoms with Crippen molar-refractivity contribution < 1.29 is 9.53 Å². The van der Waals surface area contributed by atoms with E-state index in [0.717, 1.165) is 5.56 Å². The molecule has 2 N–H and O–H groups in total. The number of H-pyrrole nitrogens is 1. The number of ether oxygens (including phenoxy) is 1.